The molecule has 1 aliphatic heterocycles. The monoisotopic (exact) mass is 882 g/mol. The molecule has 8 aromatic rings. The van der Waals surface area contributed by atoms with Crippen molar-refractivity contribution in [2.45, 2.75) is 57.1 Å². The van der Waals surface area contributed by atoms with Crippen LogP contribution in [0.3, 0.4) is 0 Å². The van der Waals surface area contributed by atoms with Crippen molar-refractivity contribution in [1.29, 1.82) is 0 Å². The summed E-state index contributed by atoms with van der Waals surface area (Å²) in [4.78, 5) is 0. The number of aryl methyl sites for hydroxylation is 2. The molecule has 0 N–H and O–H groups in total. The van der Waals surface area contributed by atoms with Crippen LogP contribution in [0.4, 0.5) is 0 Å². The molecule has 2 aliphatic carbocycles. The quantitative estimate of drug-likeness (QED) is 0.146. The molecule has 292 valence electrons. The van der Waals surface area contributed by atoms with Gasteiger partial charge in [-0.1, -0.05) is 0 Å². The van der Waals surface area contributed by atoms with Crippen molar-refractivity contribution < 1.29 is 45.1 Å². The summed E-state index contributed by atoms with van der Waals surface area (Å²) in [5.74, 6) is 1.00. The van der Waals surface area contributed by atoms with Gasteiger partial charge >= 0.3 is 345 Å². The van der Waals surface area contributed by atoms with E-state index in [1.54, 1.807) is 22.3 Å². The minimum atomic E-state index is -3.07. The first-order chi connectivity index (χ1) is 27.7. The Balaban J connectivity index is 0.00000224. The van der Waals surface area contributed by atoms with Gasteiger partial charge in [-0.3, -0.25) is 0 Å². The van der Waals surface area contributed by atoms with Gasteiger partial charge in [0.2, 0.25) is 0 Å². The third-order valence-corrected chi connectivity index (χ3v) is 27.1. The Bertz CT molecular complexity index is 2860. The number of rotatable bonds is 6. The average molecular weight is 885 g/mol. The van der Waals surface area contributed by atoms with Crippen LogP contribution in [0.5, 0.6) is 0 Å². The van der Waals surface area contributed by atoms with Crippen molar-refractivity contribution >= 4 is 55.2 Å². The molecule has 0 spiro atoms. The smallest absolute Gasteiger partial charge is 1.00 e. The molecule has 1 saturated heterocycles. The number of hydrogen-bond acceptors (Lipinski definition) is 0. The van der Waals surface area contributed by atoms with Crippen molar-refractivity contribution in [2.24, 2.45) is 11.8 Å². The van der Waals surface area contributed by atoms with Gasteiger partial charge in [0, 0.05) is 0 Å². The van der Waals surface area contributed by atoms with Gasteiger partial charge < -0.3 is 24.8 Å². The molecular weight excluding hydrogens is 835 g/mol. The molecule has 2 atom stereocenters. The van der Waals surface area contributed by atoms with E-state index in [4.69, 9.17) is 0 Å². The van der Waals surface area contributed by atoms with E-state index in [1.165, 1.54) is 95.9 Å². The molecule has 59 heavy (non-hydrogen) atoms. The largest absolute Gasteiger partial charge is 1.00 e. The first-order valence-electron chi connectivity index (χ1n) is 21.3. The van der Waals surface area contributed by atoms with Crippen LogP contribution in [-0.4, -0.2) is 0 Å². The summed E-state index contributed by atoms with van der Waals surface area (Å²) in [6, 6.07) is 50.9. The zero-order valence-corrected chi connectivity index (χ0v) is 38.8. The second-order valence-electron chi connectivity index (χ2n) is 18.1. The van der Waals surface area contributed by atoms with Gasteiger partial charge in [-0.05, 0) is 0 Å². The van der Waals surface area contributed by atoms with Crippen molar-refractivity contribution in [2.75, 3.05) is 0 Å². The second kappa shape index (κ2) is 15.0. The van der Waals surface area contributed by atoms with Gasteiger partial charge in [-0.15, -0.1) is 0 Å². The van der Waals surface area contributed by atoms with E-state index in [-0.39, 0.29) is 24.8 Å². The molecule has 0 aromatic heterocycles. The standard InChI is InChI=1S/2C27H23.C2H4.2ClH.Zr/c2*1-17(2)20-15-25-18(3)12-13-24(27(25)16-20)26-14-19-8-4-5-9-21(19)22-10-6-7-11-23(22)26;1-2;;;/h2*4-17H,1-3H3;1-2H2;2*1H;/q;;;;;+2/p-2. The minimum Gasteiger partial charge on any atom is -1.00 e. The summed E-state index contributed by atoms with van der Waals surface area (Å²) in [5, 5.41) is 10.7. The van der Waals surface area contributed by atoms with Crippen molar-refractivity contribution in [3.05, 3.63) is 178 Å². The molecule has 1 heterocycles. The normalized spacial score (nSPS) is 17.0. The topological polar surface area (TPSA) is 0 Å². The van der Waals surface area contributed by atoms with E-state index in [9.17, 15) is 0 Å². The SMILES string of the molecule is Cc1ccc(-c2cc3ccccc3c3ccccc23)c2c1[CH]([Zr+2]1([CH]3C(C(C)C)=Cc4c(-c5cc6ccccc6c6ccccc56)ccc(C)c43)[CH2][CH2]1)C(C(C)C)=C2.[Cl-].[Cl-]. The van der Waals surface area contributed by atoms with E-state index >= 15 is 0 Å². The number of halogens is 2. The van der Waals surface area contributed by atoms with Crippen LogP contribution in [0.15, 0.2) is 145 Å². The fraction of sp³-hybridized carbons (Fsp3) is 0.214. The summed E-state index contributed by atoms with van der Waals surface area (Å²) in [7, 11) is 0. The molecule has 2 unspecified atom stereocenters. The van der Waals surface area contributed by atoms with Gasteiger partial charge in [0.25, 0.3) is 0 Å². The third kappa shape index (κ3) is 6.01. The van der Waals surface area contributed by atoms with E-state index in [1.807, 2.05) is 0 Å². The van der Waals surface area contributed by atoms with Crippen LogP contribution in [0, 0.1) is 25.7 Å². The number of benzene rings is 8. The summed E-state index contributed by atoms with van der Waals surface area (Å²) < 4.78 is 4.09. The second-order valence-corrected chi connectivity index (χ2v) is 29.5. The summed E-state index contributed by atoms with van der Waals surface area (Å²) in [6.07, 6.45) is 5.40. The Labute approximate surface area is 366 Å². The summed E-state index contributed by atoms with van der Waals surface area (Å²) >= 11 is -3.07. The molecule has 11 rings (SSSR count). The molecule has 0 saturated carbocycles. The van der Waals surface area contributed by atoms with Gasteiger partial charge in [-0.2, -0.15) is 0 Å². The molecule has 0 radical (unpaired) electrons. The Kier molecular flexibility index (Phi) is 10.2. The Morgan fingerprint density at radius 2 is 0.780 bits per heavy atom. The van der Waals surface area contributed by atoms with Crippen LogP contribution >= 0.6 is 0 Å². The van der Waals surface area contributed by atoms with E-state index in [2.05, 4.69) is 187 Å². The molecule has 0 nitrogen and oxygen atoms in total. The minimum absolute atomic E-state index is 0. The van der Waals surface area contributed by atoms with Crippen LogP contribution in [0.25, 0.3) is 77.5 Å². The molecule has 1 fully saturated rings. The van der Waals surface area contributed by atoms with Gasteiger partial charge in [0.1, 0.15) is 0 Å². The number of hydrogen-bond donors (Lipinski definition) is 0. The Morgan fingerprint density at radius 3 is 1.15 bits per heavy atom. The first-order valence-corrected chi connectivity index (χ1v) is 27.6. The molecular formula is C56H50Cl2Zr. The van der Waals surface area contributed by atoms with Crippen LogP contribution in [0.1, 0.15) is 68.3 Å². The Morgan fingerprint density at radius 1 is 0.424 bits per heavy atom. The number of fused-ring (bicyclic) bond motifs is 8. The third-order valence-electron chi connectivity index (χ3n) is 14.3. The molecule has 3 heteroatoms. The summed E-state index contributed by atoms with van der Waals surface area (Å²) in [5.41, 5.74) is 18.3. The number of allylic oxidation sites excluding steroid dienone is 2. The van der Waals surface area contributed by atoms with Gasteiger partial charge in [0.05, 0.1) is 0 Å². The fourth-order valence-electron chi connectivity index (χ4n) is 11.6. The maximum atomic E-state index is 2.70. The van der Waals surface area contributed by atoms with Crippen molar-refractivity contribution in [1.82, 2.24) is 0 Å². The molecule has 3 aliphatic rings. The molecule has 0 amide bonds. The predicted molar refractivity (Wildman–Crippen MR) is 244 cm³/mol. The van der Waals surface area contributed by atoms with E-state index in [0.717, 1.165) is 0 Å². The zero-order chi connectivity index (χ0) is 38.7. The maximum absolute atomic E-state index is 3.07. The van der Waals surface area contributed by atoms with Crippen LogP contribution in [0.2, 0.25) is 8.26 Å². The average Bonchev–Trinajstić information content (AvgIpc) is 3.72. The maximum Gasteiger partial charge on any atom is -1.00 e. The van der Waals surface area contributed by atoms with Crippen LogP contribution < -0.4 is 24.8 Å². The molecule has 0 bridgehead atoms. The fourth-order valence-corrected chi connectivity index (χ4v) is 30.1. The molecule has 8 aromatic carbocycles. The van der Waals surface area contributed by atoms with Gasteiger partial charge in [0.15, 0.2) is 0 Å². The van der Waals surface area contributed by atoms with Crippen molar-refractivity contribution in [3.8, 4) is 22.3 Å². The Hall–Kier alpha value is -4.26. The summed E-state index contributed by atoms with van der Waals surface area (Å²) in [6.45, 7) is 14.7. The van der Waals surface area contributed by atoms with E-state index in [0.29, 0.717) is 19.1 Å². The van der Waals surface area contributed by atoms with Crippen LogP contribution in [-0.2, 0) is 20.3 Å². The zero-order valence-electron chi connectivity index (χ0n) is 34.8. The van der Waals surface area contributed by atoms with E-state index < -0.39 is 20.3 Å². The van der Waals surface area contributed by atoms with Crippen molar-refractivity contribution in [3.63, 3.8) is 0 Å². The first kappa shape index (κ1) is 40.2. The van der Waals surface area contributed by atoms with Gasteiger partial charge in [-0.25, -0.2) is 0 Å². The predicted octanol–water partition coefficient (Wildman–Crippen LogP) is 10.2.